The number of amides is 7. The molecular weight excluding hydrogens is 1170 g/mol. The maximum absolute atomic E-state index is 14.6. The smallest absolute Gasteiger partial charge is 0.412 e. The first-order chi connectivity index (χ1) is 42.8. The van der Waals surface area contributed by atoms with Crippen LogP contribution in [0.2, 0.25) is 0 Å². The molecule has 91 heavy (non-hydrogen) atoms. The third-order valence-electron chi connectivity index (χ3n) is 17.2. The number of carbonyl (C=O) groups excluding carboxylic acids is 8. The van der Waals surface area contributed by atoms with E-state index in [2.05, 4.69) is 45.7 Å². The molecule has 24 nitrogen and oxygen atoms in total. The molecule has 2 fully saturated rings. The molecule has 2 aromatic carbocycles. The molecule has 1 heterocycles. The van der Waals surface area contributed by atoms with Crippen molar-refractivity contribution in [3.8, 4) is 0 Å². The molecule has 7 amide bonds. The average Bonchev–Trinajstić information content (AvgIpc) is 1.56. The summed E-state index contributed by atoms with van der Waals surface area (Å²) in [4.78, 5) is 115. The zero-order valence-electron chi connectivity index (χ0n) is 57.5. The highest BCUT2D eigenvalue weighted by Gasteiger charge is 2.66. The van der Waals surface area contributed by atoms with E-state index in [0.29, 0.717) is 52.2 Å². The number of ketones is 1. The lowest BCUT2D eigenvalue weighted by Gasteiger charge is -2.41. The number of rotatable bonds is 37. The fourth-order valence-electron chi connectivity index (χ4n) is 12.0. The summed E-state index contributed by atoms with van der Waals surface area (Å²) >= 11 is 0. The van der Waals surface area contributed by atoms with Gasteiger partial charge in [-0.1, -0.05) is 85.2 Å². The highest BCUT2D eigenvalue weighted by molar-refractivity contribution is 6.01. The summed E-state index contributed by atoms with van der Waals surface area (Å²) in [5.41, 5.74) is -0.833. The molecule has 0 spiro atoms. The first-order valence-corrected chi connectivity index (χ1v) is 32.2. The van der Waals surface area contributed by atoms with Crippen molar-refractivity contribution < 1.29 is 71.5 Å². The van der Waals surface area contributed by atoms with Crippen LogP contribution in [0.25, 0.3) is 0 Å². The Labute approximate surface area is 540 Å². The minimum Gasteiger partial charge on any atom is -0.444 e. The van der Waals surface area contributed by atoms with Crippen LogP contribution in [-0.4, -0.2) is 217 Å². The van der Waals surface area contributed by atoms with Gasteiger partial charge >= 0.3 is 12.2 Å². The van der Waals surface area contributed by atoms with Gasteiger partial charge in [0.05, 0.1) is 100 Å². The lowest BCUT2D eigenvalue weighted by atomic mass is 9.89. The third kappa shape index (κ3) is 23.1. The summed E-state index contributed by atoms with van der Waals surface area (Å²) in [7, 11) is 8.60. The van der Waals surface area contributed by atoms with Gasteiger partial charge in [-0.2, -0.15) is 0 Å². The number of hydrogen-bond donors (Lipinski definition) is 6. The first kappa shape index (κ1) is 77.2. The predicted molar refractivity (Wildman–Crippen MR) is 349 cm³/mol. The number of methoxy groups -OCH3 is 2. The Kier molecular flexibility index (Phi) is 30.7. The SMILES string of the molecule is CCC(C)[C@@H]([C@@H](CC(=O)N1CCCC1[C@H](OC)C(C)C(=O)N[C@H](Cc1ccccc1)C(=O)CNCCOCCOCCOCCNC(=O)c1ccc(NC(=O)OC(C)(C)C)c(NC(=O)OC(C)(C)C)c1)OC)N(C)C(=O)[C@H](NC(=O)C1(N(C)C)C(C)C1C)C(C)C. The average molecular weight is 1280 g/mol. The lowest BCUT2D eigenvalue weighted by Crippen LogP contribution is -2.60. The van der Waals surface area contributed by atoms with Crippen molar-refractivity contribution in [1.82, 2.24) is 36.0 Å². The Morgan fingerprint density at radius 2 is 1.30 bits per heavy atom. The van der Waals surface area contributed by atoms with Crippen molar-refractivity contribution in [1.29, 1.82) is 0 Å². The maximum Gasteiger partial charge on any atom is 0.412 e. The molecule has 24 heteroatoms. The summed E-state index contributed by atoms with van der Waals surface area (Å²) in [6.07, 6.45) is -0.696. The number of anilines is 2. The van der Waals surface area contributed by atoms with Crippen LogP contribution in [0.4, 0.5) is 21.0 Å². The highest BCUT2D eigenvalue weighted by atomic mass is 16.6. The number of benzene rings is 2. The summed E-state index contributed by atoms with van der Waals surface area (Å²) in [6, 6.07) is 11.2. The summed E-state index contributed by atoms with van der Waals surface area (Å²) in [5, 5.41) is 17.3. The zero-order valence-corrected chi connectivity index (χ0v) is 57.5. The maximum atomic E-state index is 14.6. The molecule has 1 aliphatic heterocycles. The quantitative estimate of drug-likeness (QED) is 0.0384. The van der Waals surface area contributed by atoms with Crippen LogP contribution in [-0.2, 0) is 63.6 Å². The van der Waals surface area contributed by atoms with Crippen molar-refractivity contribution >= 4 is 58.9 Å². The van der Waals surface area contributed by atoms with Crippen LogP contribution in [0.15, 0.2) is 48.5 Å². The molecule has 5 unspecified atom stereocenters. The molecule has 1 saturated heterocycles. The summed E-state index contributed by atoms with van der Waals surface area (Å²) in [6.45, 7) is 26.6. The molecular formula is C67H109N9O15. The Balaban J connectivity index is 1.24. The van der Waals surface area contributed by atoms with E-state index in [0.717, 1.165) is 5.56 Å². The molecule has 1 saturated carbocycles. The van der Waals surface area contributed by atoms with Crippen molar-refractivity contribution in [3.05, 3.63) is 59.7 Å². The van der Waals surface area contributed by atoms with E-state index in [1.807, 2.05) is 77.0 Å². The second-order valence-electron chi connectivity index (χ2n) is 26.6. The zero-order chi connectivity index (χ0) is 68.0. The Hall–Kier alpha value is -6.28. The largest absolute Gasteiger partial charge is 0.444 e. The molecule has 2 aliphatic rings. The molecule has 2 aromatic rings. The number of nitrogens with one attached hydrogen (secondary N) is 6. The van der Waals surface area contributed by atoms with Crippen LogP contribution >= 0.6 is 0 Å². The molecule has 1 aliphatic carbocycles. The van der Waals surface area contributed by atoms with Gasteiger partial charge in [0.1, 0.15) is 22.8 Å². The predicted octanol–water partition coefficient (Wildman–Crippen LogP) is 6.69. The van der Waals surface area contributed by atoms with Gasteiger partial charge in [-0.15, -0.1) is 0 Å². The van der Waals surface area contributed by atoms with E-state index in [9.17, 15) is 38.4 Å². The van der Waals surface area contributed by atoms with E-state index in [1.54, 1.807) is 72.4 Å². The Morgan fingerprint density at radius 3 is 1.82 bits per heavy atom. The number of ether oxygens (including phenoxy) is 7. The van der Waals surface area contributed by atoms with Gasteiger partial charge in [0.25, 0.3) is 5.91 Å². The van der Waals surface area contributed by atoms with Crippen LogP contribution in [0.5, 0.6) is 0 Å². The number of nitrogens with zero attached hydrogens (tertiary/aromatic N) is 3. The van der Waals surface area contributed by atoms with E-state index in [4.69, 9.17) is 33.2 Å². The second-order valence-corrected chi connectivity index (χ2v) is 26.6. The van der Waals surface area contributed by atoms with Gasteiger partial charge in [-0.05, 0) is 122 Å². The van der Waals surface area contributed by atoms with Gasteiger partial charge in [0.2, 0.25) is 23.6 Å². The molecule has 10 atom stereocenters. The number of hydrogen-bond acceptors (Lipinski definition) is 17. The van der Waals surface area contributed by atoms with Crippen molar-refractivity contribution in [3.63, 3.8) is 0 Å². The standard InChI is InChI=1S/C67H109N9O15/c1-19-43(4)57(75(16)61(81)56(42(2)3)73-62(82)67(74(14)15)45(6)46(67)7)54(85-17)40-55(78)76-31-23-26-52(76)58(86-18)44(5)59(79)70-51(38-47-24-21-20-22-25-47)53(77)41-68-29-32-87-34-36-89-37-35-88-33-30-69-60(80)48-27-28-49(71-63(83)90-65(8,9)10)50(39-48)72-64(84)91-66(11,12)13/h20-22,24-25,27-28,39,42-46,51-52,54,56-58,68H,19,23,26,29-38,40-41H2,1-18H3,(H,69,80)(H,70,79)(H,71,83)(H,72,84)(H,73,82)/t43?,44?,45?,46?,51-,52?,54-,56-,57+,58-,67?/m1/s1. The molecule has 0 radical (unpaired) electrons. The number of likely N-dealkylation sites (N-methyl/N-ethyl adjacent to an activating group) is 2. The van der Waals surface area contributed by atoms with Crippen LogP contribution in [0.1, 0.15) is 132 Å². The van der Waals surface area contributed by atoms with Gasteiger partial charge in [0.15, 0.2) is 5.78 Å². The molecule has 0 aromatic heterocycles. The molecule has 4 rings (SSSR count). The topological polar surface area (TPSA) is 283 Å². The Morgan fingerprint density at radius 1 is 0.725 bits per heavy atom. The van der Waals surface area contributed by atoms with Gasteiger partial charge < -0.3 is 64.2 Å². The molecule has 6 N–H and O–H groups in total. The van der Waals surface area contributed by atoms with E-state index >= 15 is 0 Å². The van der Waals surface area contributed by atoms with Gasteiger partial charge in [0, 0.05) is 46.5 Å². The summed E-state index contributed by atoms with van der Waals surface area (Å²) < 4.78 is 39.9. The van der Waals surface area contributed by atoms with Crippen molar-refractivity contribution in [2.45, 2.75) is 175 Å². The first-order valence-electron chi connectivity index (χ1n) is 32.2. The summed E-state index contributed by atoms with van der Waals surface area (Å²) in [5.74, 6) is -2.45. The fourth-order valence-corrected chi connectivity index (χ4v) is 12.0. The minimum absolute atomic E-state index is 0.0298. The second kappa shape index (κ2) is 36.2. The molecule has 512 valence electrons. The molecule has 0 bridgehead atoms. The van der Waals surface area contributed by atoms with E-state index < -0.39 is 77.1 Å². The van der Waals surface area contributed by atoms with Crippen LogP contribution < -0.4 is 31.9 Å². The fraction of sp³-hybridized carbons (Fsp3) is 0.701. The van der Waals surface area contributed by atoms with Gasteiger partial charge in [-0.3, -0.25) is 44.3 Å². The van der Waals surface area contributed by atoms with Crippen LogP contribution in [0, 0.1) is 29.6 Å². The monoisotopic (exact) mass is 1280 g/mol. The van der Waals surface area contributed by atoms with Crippen molar-refractivity contribution in [2.24, 2.45) is 29.6 Å². The van der Waals surface area contributed by atoms with Crippen LogP contribution in [0.3, 0.4) is 0 Å². The Bertz CT molecular complexity index is 2670. The number of Topliss-reactive ketones (excluding diaryl/α,β-unsaturated/α-hetero) is 1. The van der Waals surface area contributed by atoms with E-state index in [-0.39, 0.29) is 116 Å². The third-order valence-corrected chi connectivity index (χ3v) is 17.2. The number of carbonyl (C=O) groups is 8. The number of likely N-dealkylation sites (tertiary alicyclic amines) is 1. The highest BCUT2D eigenvalue weighted by Crippen LogP contribution is 2.53. The van der Waals surface area contributed by atoms with Gasteiger partial charge in [-0.25, -0.2) is 9.59 Å². The van der Waals surface area contributed by atoms with Crippen molar-refractivity contribution in [2.75, 3.05) is 112 Å². The normalized spacial score (nSPS) is 19.7. The van der Waals surface area contributed by atoms with E-state index in [1.165, 1.54) is 25.3 Å². The lowest BCUT2D eigenvalue weighted by molar-refractivity contribution is -0.148. The minimum atomic E-state index is -0.869.